The van der Waals surface area contributed by atoms with Gasteiger partial charge in [-0.3, -0.25) is 9.78 Å². The molecule has 1 fully saturated rings. The lowest BCUT2D eigenvalue weighted by molar-refractivity contribution is -0.142. The Kier molecular flexibility index (Phi) is 7.07. The number of carboxylic acid groups (broad SMARTS) is 1. The highest BCUT2D eigenvalue weighted by molar-refractivity contribution is 5.79. The Morgan fingerprint density at radius 2 is 1.75 bits per heavy atom. The number of carbonyl (C=O) groups is 1. The maximum atomic E-state index is 12.9. The summed E-state index contributed by atoms with van der Waals surface area (Å²) in [5, 5.41) is 13.5. The van der Waals surface area contributed by atoms with Crippen LogP contribution in [0.1, 0.15) is 25.7 Å². The minimum atomic E-state index is -0.937. The van der Waals surface area contributed by atoms with Crippen molar-refractivity contribution in [3.63, 3.8) is 0 Å². The summed E-state index contributed by atoms with van der Waals surface area (Å²) in [7, 11) is 0. The highest BCUT2D eigenvalue weighted by Gasteiger charge is 2.23. The molecule has 32 heavy (non-hydrogen) atoms. The van der Waals surface area contributed by atoms with E-state index in [1.165, 1.54) is 0 Å². The van der Waals surface area contributed by atoms with Gasteiger partial charge in [0.15, 0.2) is 0 Å². The van der Waals surface area contributed by atoms with E-state index in [0.29, 0.717) is 25.0 Å². The standard InChI is InChI=1S/C25H27N3O4/c29-23-13-22(21-7-4-12-26-14-21)25(20-5-2-1-3-6-20)27-28(23)15-18-8-10-19(11-9-18)16-32-17-24(30)31/h1-7,12-14,18-19H,8-11,15-17H2,(H,30,31). The van der Waals surface area contributed by atoms with Crippen LogP contribution in [0.3, 0.4) is 0 Å². The number of benzene rings is 1. The van der Waals surface area contributed by atoms with Crippen LogP contribution in [0.25, 0.3) is 22.4 Å². The zero-order chi connectivity index (χ0) is 22.3. The number of nitrogens with zero attached hydrogens (tertiary/aromatic N) is 3. The summed E-state index contributed by atoms with van der Waals surface area (Å²) < 4.78 is 6.85. The number of aliphatic carboxylic acids is 1. The van der Waals surface area contributed by atoms with Gasteiger partial charge in [0.1, 0.15) is 6.61 Å². The molecular weight excluding hydrogens is 406 g/mol. The van der Waals surface area contributed by atoms with Gasteiger partial charge in [-0.2, -0.15) is 5.10 Å². The number of carboxylic acids is 1. The average Bonchev–Trinajstić information content (AvgIpc) is 2.82. The van der Waals surface area contributed by atoms with Crippen LogP contribution in [0, 0.1) is 11.8 Å². The first-order valence-electron chi connectivity index (χ1n) is 11.0. The normalized spacial score (nSPS) is 18.4. The monoisotopic (exact) mass is 433 g/mol. The summed E-state index contributed by atoms with van der Waals surface area (Å²) in [6.45, 7) is 0.814. The van der Waals surface area contributed by atoms with Crippen molar-refractivity contribution >= 4 is 5.97 Å². The lowest BCUT2D eigenvalue weighted by atomic mass is 9.82. The van der Waals surface area contributed by atoms with Crippen molar-refractivity contribution in [1.82, 2.24) is 14.8 Å². The van der Waals surface area contributed by atoms with E-state index in [0.717, 1.165) is 48.1 Å². The van der Waals surface area contributed by atoms with E-state index in [2.05, 4.69) is 4.98 Å². The van der Waals surface area contributed by atoms with E-state index >= 15 is 0 Å². The highest BCUT2D eigenvalue weighted by Crippen LogP contribution is 2.31. The van der Waals surface area contributed by atoms with Gasteiger partial charge in [-0.05, 0) is 43.6 Å². The molecule has 0 saturated heterocycles. The summed E-state index contributed by atoms with van der Waals surface area (Å²) in [5.41, 5.74) is 3.26. The second kappa shape index (κ2) is 10.3. The molecule has 0 radical (unpaired) electrons. The zero-order valence-corrected chi connectivity index (χ0v) is 17.9. The molecule has 0 atom stereocenters. The van der Waals surface area contributed by atoms with Crippen LogP contribution in [-0.4, -0.2) is 39.1 Å². The van der Waals surface area contributed by atoms with Crippen molar-refractivity contribution in [3.8, 4) is 22.4 Å². The molecule has 0 aliphatic heterocycles. The molecule has 2 heterocycles. The van der Waals surface area contributed by atoms with Gasteiger partial charge in [0, 0.05) is 41.7 Å². The molecule has 0 spiro atoms. The molecule has 2 aromatic heterocycles. The van der Waals surface area contributed by atoms with Gasteiger partial charge in [0.25, 0.3) is 5.56 Å². The van der Waals surface area contributed by atoms with Crippen LogP contribution in [-0.2, 0) is 16.1 Å². The van der Waals surface area contributed by atoms with Gasteiger partial charge in [-0.1, -0.05) is 36.4 Å². The number of aromatic nitrogens is 3. The van der Waals surface area contributed by atoms with Gasteiger partial charge >= 0.3 is 5.97 Å². The average molecular weight is 434 g/mol. The van der Waals surface area contributed by atoms with E-state index in [-0.39, 0.29) is 12.2 Å². The largest absolute Gasteiger partial charge is 0.480 e. The van der Waals surface area contributed by atoms with E-state index in [1.807, 2.05) is 42.5 Å². The number of rotatable bonds is 8. The molecule has 1 aliphatic rings. The summed E-state index contributed by atoms with van der Waals surface area (Å²) >= 11 is 0. The Morgan fingerprint density at radius 1 is 1.03 bits per heavy atom. The molecule has 7 heteroatoms. The molecule has 1 N–H and O–H groups in total. The highest BCUT2D eigenvalue weighted by atomic mass is 16.5. The second-order valence-electron chi connectivity index (χ2n) is 8.33. The third-order valence-electron chi connectivity index (χ3n) is 5.99. The number of pyridine rings is 1. The van der Waals surface area contributed by atoms with Gasteiger partial charge < -0.3 is 9.84 Å². The van der Waals surface area contributed by atoms with Crippen LogP contribution in [0.2, 0.25) is 0 Å². The Labute approximate surface area is 186 Å². The topological polar surface area (TPSA) is 94.3 Å². The maximum Gasteiger partial charge on any atom is 0.329 e. The molecule has 1 aromatic carbocycles. The lowest BCUT2D eigenvalue weighted by Gasteiger charge is -2.28. The Morgan fingerprint density at radius 3 is 2.44 bits per heavy atom. The van der Waals surface area contributed by atoms with Gasteiger partial charge in [0.05, 0.1) is 12.3 Å². The second-order valence-corrected chi connectivity index (χ2v) is 8.33. The fourth-order valence-electron chi connectivity index (χ4n) is 4.31. The van der Waals surface area contributed by atoms with Crippen LogP contribution in [0.5, 0.6) is 0 Å². The van der Waals surface area contributed by atoms with Crippen molar-refractivity contribution in [2.75, 3.05) is 13.2 Å². The molecule has 7 nitrogen and oxygen atoms in total. The van der Waals surface area contributed by atoms with Gasteiger partial charge in [-0.25, -0.2) is 9.48 Å². The quantitative estimate of drug-likeness (QED) is 0.579. The first kappa shape index (κ1) is 21.9. The molecule has 1 aliphatic carbocycles. The van der Waals surface area contributed by atoms with Crippen molar-refractivity contribution < 1.29 is 14.6 Å². The SMILES string of the molecule is O=C(O)COCC1CCC(Cn2nc(-c3ccccc3)c(-c3cccnc3)cc2=O)CC1. The van der Waals surface area contributed by atoms with Crippen molar-refractivity contribution in [3.05, 3.63) is 71.3 Å². The lowest BCUT2D eigenvalue weighted by Crippen LogP contribution is -2.29. The number of hydrogen-bond acceptors (Lipinski definition) is 5. The van der Waals surface area contributed by atoms with E-state index in [4.69, 9.17) is 14.9 Å². The first-order chi connectivity index (χ1) is 15.6. The minimum Gasteiger partial charge on any atom is -0.480 e. The third-order valence-corrected chi connectivity index (χ3v) is 5.99. The molecule has 0 unspecified atom stereocenters. The molecule has 0 amide bonds. The van der Waals surface area contributed by atoms with Crippen LogP contribution < -0.4 is 5.56 Å². The van der Waals surface area contributed by atoms with Gasteiger partial charge in [-0.15, -0.1) is 0 Å². The van der Waals surface area contributed by atoms with E-state index in [1.54, 1.807) is 23.1 Å². The predicted octanol–water partition coefficient (Wildman–Crippen LogP) is 3.88. The third kappa shape index (κ3) is 5.48. The van der Waals surface area contributed by atoms with Crippen LogP contribution >= 0.6 is 0 Å². The maximum absolute atomic E-state index is 12.9. The smallest absolute Gasteiger partial charge is 0.329 e. The summed E-state index contributed by atoms with van der Waals surface area (Å²) in [6, 6.07) is 15.3. The van der Waals surface area contributed by atoms with Crippen LogP contribution in [0.15, 0.2) is 65.7 Å². The summed E-state index contributed by atoms with van der Waals surface area (Å²) in [6.07, 6.45) is 7.35. The van der Waals surface area contributed by atoms with E-state index in [9.17, 15) is 9.59 Å². The molecule has 166 valence electrons. The number of ether oxygens (including phenoxy) is 1. The fourth-order valence-corrected chi connectivity index (χ4v) is 4.31. The Balaban J connectivity index is 1.52. The molecular formula is C25H27N3O4. The van der Waals surface area contributed by atoms with Crippen molar-refractivity contribution in [2.45, 2.75) is 32.2 Å². The minimum absolute atomic E-state index is 0.115. The molecule has 3 aromatic rings. The van der Waals surface area contributed by atoms with E-state index < -0.39 is 5.97 Å². The molecule has 1 saturated carbocycles. The van der Waals surface area contributed by atoms with Crippen molar-refractivity contribution in [2.24, 2.45) is 11.8 Å². The van der Waals surface area contributed by atoms with Crippen LogP contribution in [0.4, 0.5) is 0 Å². The van der Waals surface area contributed by atoms with Crippen molar-refractivity contribution in [1.29, 1.82) is 0 Å². The first-order valence-corrected chi connectivity index (χ1v) is 11.0. The fraction of sp³-hybridized carbons (Fsp3) is 0.360. The molecule has 0 bridgehead atoms. The number of hydrogen-bond donors (Lipinski definition) is 1. The zero-order valence-electron chi connectivity index (χ0n) is 17.9. The summed E-state index contributed by atoms with van der Waals surface area (Å²) in [4.78, 5) is 27.7. The Bertz CT molecular complexity index is 1090. The predicted molar refractivity (Wildman–Crippen MR) is 121 cm³/mol. The van der Waals surface area contributed by atoms with Gasteiger partial charge in [0.2, 0.25) is 0 Å². The molecule has 4 rings (SSSR count). The Hall–Kier alpha value is -3.32. The summed E-state index contributed by atoms with van der Waals surface area (Å²) in [5.74, 6) is -0.194.